The number of hydrogen-bond donors (Lipinski definition) is 2. The SMILES string of the molecule is CN(C)C1(CNCc2[nH]c3ccccc3c2Cl)CCC1. The molecule has 1 aromatic carbocycles. The van der Waals surface area contributed by atoms with Gasteiger partial charge in [-0.05, 0) is 39.4 Å². The fraction of sp³-hybridized carbons (Fsp3) is 0.500. The first-order valence-corrected chi connectivity index (χ1v) is 7.63. The fourth-order valence-corrected chi connectivity index (χ4v) is 3.35. The molecule has 2 aromatic rings. The van der Waals surface area contributed by atoms with Gasteiger partial charge in [0.2, 0.25) is 0 Å². The number of hydrogen-bond acceptors (Lipinski definition) is 2. The van der Waals surface area contributed by atoms with Crippen LogP contribution in [0.3, 0.4) is 0 Å². The minimum absolute atomic E-state index is 0.346. The second kappa shape index (κ2) is 5.40. The van der Waals surface area contributed by atoms with Gasteiger partial charge < -0.3 is 15.2 Å². The summed E-state index contributed by atoms with van der Waals surface area (Å²) in [6.45, 7) is 1.81. The molecule has 0 spiro atoms. The van der Waals surface area contributed by atoms with Crippen molar-refractivity contribution in [2.75, 3.05) is 20.6 Å². The molecular weight excluding hydrogens is 270 g/mol. The van der Waals surface area contributed by atoms with Crippen molar-refractivity contribution in [1.82, 2.24) is 15.2 Å². The van der Waals surface area contributed by atoms with Crippen molar-refractivity contribution in [3.63, 3.8) is 0 Å². The maximum Gasteiger partial charge on any atom is 0.0705 e. The number of fused-ring (bicyclic) bond motifs is 1. The van der Waals surface area contributed by atoms with E-state index in [1.54, 1.807) is 0 Å². The van der Waals surface area contributed by atoms with E-state index in [0.717, 1.165) is 34.7 Å². The molecule has 0 saturated heterocycles. The lowest BCUT2D eigenvalue weighted by Gasteiger charge is -2.47. The van der Waals surface area contributed by atoms with E-state index in [1.165, 1.54) is 19.3 Å². The Morgan fingerprint density at radius 2 is 2.05 bits per heavy atom. The highest BCUT2D eigenvalue weighted by Crippen LogP contribution is 2.35. The van der Waals surface area contributed by atoms with Crippen molar-refractivity contribution >= 4 is 22.5 Å². The Balaban J connectivity index is 1.67. The maximum absolute atomic E-state index is 6.44. The van der Waals surface area contributed by atoms with Gasteiger partial charge in [0.15, 0.2) is 0 Å². The number of aromatic nitrogens is 1. The van der Waals surface area contributed by atoms with Crippen LogP contribution < -0.4 is 5.32 Å². The highest BCUT2D eigenvalue weighted by atomic mass is 35.5. The summed E-state index contributed by atoms with van der Waals surface area (Å²) in [6.07, 6.45) is 3.91. The van der Waals surface area contributed by atoms with Gasteiger partial charge in [0, 0.05) is 35.2 Å². The summed E-state index contributed by atoms with van der Waals surface area (Å²) in [5, 5.41) is 5.53. The molecule has 0 radical (unpaired) electrons. The normalized spacial score (nSPS) is 17.6. The minimum Gasteiger partial charge on any atom is -0.356 e. The zero-order chi connectivity index (χ0) is 14.2. The van der Waals surface area contributed by atoms with Gasteiger partial charge in [-0.15, -0.1) is 0 Å². The van der Waals surface area contributed by atoms with Crippen molar-refractivity contribution < 1.29 is 0 Å². The van der Waals surface area contributed by atoms with E-state index in [0.29, 0.717) is 5.54 Å². The summed E-state index contributed by atoms with van der Waals surface area (Å²) in [7, 11) is 4.35. The van der Waals surface area contributed by atoms with Crippen LogP contribution in [0.1, 0.15) is 25.0 Å². The molecular formula is C16H22ClN3. The second-order valence-corrected chi connectivity index (χ2v) is 6.42. The number of aromatic amines is 1. The summed E-state index contributed by atoms with van der Waals surface area (Å²) in [5.74, 6) is 0. The third kappa shape index (κ3) is 2.34. The molecule has 1 aliphatic carbocycles. The van der Waals surface area contributed by atoms with E-state index in [4.69, 9.17) is 11.6 Å². The minimum atomic E-state index is 0.346. The molecule has 1 saturated carbocycles. The molecule has 1 fully saturated rings. The van der Waals surface area contributed by atoms with Crippen LogP contribution in [0, 0.1) is 0 Å². The second-order valence-electron chi connectivity index (χ2n) is 6.04. The number of para-hydroxylation sites is 1. The first kappa shape index (κ1) is 13.9. The van der Waals surface area contributed by atoms with Crippen LogP contribution >= 0.6 is 11.6 Å². The molecule has 20 heavy (non-hydrogen) atoms. The molecule has 3 rings (SSSR count). The molecule has 4 heteroatoms. The van der Waals surface area contributed by atoms with Crippen molar-refractivity contribution in [3.05, 3.63) is 35.0 Å². The molecule has 0 aliphatic heterocycles. The summed E-state index contributed by atoms with van der Waals surface area (Å²) in [5.41, 5.74) is 2.54. The lowest BCUT2D eigenvalue weighted by molar-refractivity contribution is 0.0597. The Labute approximate surface area is 125 Å². The smallest absolute Gasteiger partial charge is 0.0705 e. The summed E-state index contributed by atoms with van der Waals surface area (Å²) < 4.78 is 0. The lowest BCUT2D eigenvalue weighted by atomic mass is 9.75. The van der Waals surface area contributed by atoms with Gasteiger partial charge >= 0.3 is 0 Å². The number of benzene rings is 1. The zero-order valence-electron chi connectivity index (χ0n) is 12.2. The van der Waals surface area contributed by atoms with E-state index in [1.807, 2.05) is 12.1 Å². The van der Waals surface area contributed by atoms with Crippen LogP contribution in [0.15, 0.2) is 24.3 Å². The topological polar surface area (TPSA) is 31.1 Å². The van der Waals surface area contributed by atoms with Gasteiger partial charge in [0.25, 0.3) is 0 Å². The Kier molecular flexibility index (Phi) is 3.76. The van der Waals surface area contributed by atoms with Crippen molar-refractivity contribution in [2.24, 2.45) is 0 Å². The van der Waals surface area contributed by atoms with Crippen LogP contribution in [0.25, 0.3) is 10.9 Å². The highest BCUT2D eigenvalue weighted by Gasteiger charge is 2.38. The monoisotopic (exact) mass is 291 g/mol. The predicted octanol–water partition coefficient (Wildman–Crippen LogP) is 3.40. The van der Waals surface area contributed by atoms with Gasteiger partial charge in [-0.3, -0.25) is 0 Å². The van der Waals surface area contributed by atoms with E-state index in [9.17, 15) is 0 Å². The van der Waals surface area contributed by atoms with Crippen LogP contribution in [-0.4, -0.2) is 36.1 Å². The Morgan fingerprint density at radius 3 is 2.65 bits per heavy atom. The van der Waals surface area contributed by atoms with E-state index in [-0.39, 0.29) is 0 Å². The Morgan fingerprint density at radius 1 is 1.30 bits per heavy atom. The molecule has 108 valence electrons. The van der Waals surface area contributed by atoms with E-state index >= 15 is 0 Å². The van der Waals surface area contributed by atoms with Gasteiger partial charge in [0.05, 0.1) is 5.02 Å². The molecule has 0 bridgehead atoms. The third-order valence-electron chi connectivity index (χ3n) is 4.70. The van der Waals surface area contributed by atoms with Crippen molar-refractivity contribution in [1.29, 1.82) is 0 Å². The van der Waals surface area contributed by atoms with Gasteiger partial charge in [0.1, 0.15) is 0 Å². The average Bonchev–Trinajstić information content (AvgIpc) is 2.70. The molecule has 1 heterocycles. The maximum atomic E-state index is 6.44. The van der Waals surface area contributed by atoms with E-state index in [2.05, 4.69) is 41.4 Å². The summed E-state index contributed by atoms with van der Waals surface area (Å²) >= 11 is 6.44. The molecule has 2 N–H and O–H groups in total. The van der Waals surface area contributed by atoms with Crippen molar-refractivity contribution in [2.45, 2.75) is 31.3 Å². The molecule has 1 aromatic heterocycles. The standard InChI is InChI=1S/C16H22ClN3/c1-20(2)16(8-5-9-16)11-18-10-14-15(17)12-6-3-4-7-13(12)19-14/h3-4,6-7,18-19H,5,8-11H2,1-2H3. The predicted molar refractivity (Wildman–Crippen MR) is 85.3 cm³/mol. The number of nitrogens with one attached hydrogen (secondary N) is 2. The quantitative estimate of drug-likeness (QED) is 0.885. The summed E-state index contributed by atoms with van der Waals surface area (Å²) in [6, 6.07) is 8.18. The van der Waals surface area contributed by atoms with Gasteiger partial charge in [-0.2, -0.15) is 0 Å². The largest absolute Gasteiger partial charge is 0.356 e. The highest BCUT2D eigenvalue weighted by molar-refractivity contribution is 6.36. The number of rotatable bonds is 5. The number of halogens is 1. The molecule has 0 unspecified atom stereocenters. The van der Waals surface area contributed by atoms with E-state index < -0.39 is 0 Å². The van der Waals surface area contributed by atoms with Crippen LogP contribution in [0.2, 0.25) is 5.02 Å². The molecule has 3 nitrogen and oxygen atoms in total. The first-order chi connectivity index (χ1) is 9.62. The Bertz CT molecular complexity index is 599. The number of likely N-dealkylation sites (N-methyl/N-ethyl adjacent to an activating group) is 1. The van der Waals surface area contributed by atoms with Crippen LogP contribution in [-0.2, 0) is 6.54 Å². The lowest BCUT2D eigenvalue weighted by Crippen LogP contribution is -2.56. The van der Waals surface area contributed by atoms with Gasteiger partial charge in [-0.25, -0.2) is 0 Å². The Hall–Kier alpha value is -1.03. The zero-order valence-corrected chi connectivity index (χ0v) is 12.9. The third-order valence-corrected chi connectivity index (χ3v) is 5.13. The first-order valence-electron chi connectivity index (χ1n) is 7.26. The van der Waals surface area contributed by atoms with Crippen LogP contribution in [0.5, 0.6) is 0 Å². The number of H-pyrrole nitrogens is 1. The average molecular weight is 292 g/mol. The molecule has 1 aliphatic rings. The van der Waals surface area contributed by atoms with Crippen LogP contribution in [0.4, 0.5) is 0 Å². The number of nitrogens with zero attached hydrogens (tertiary/aromatic N) is 1. The summed E-state index contributed by atoms with van der Waals surface area (Å²) in [4.78, 5) is 5.76. The molecule has 0 atom stereocenters. The van der Waals surface area contributed by atoms with Crippen molar-refractivity contribution in [3.8, 4) is 0 Å². The molecule has 0 amide bonds. The fourth-order valence-electron chi connectivity index (χ4n) is 3.07. The van der Waals surface area contributed by atoms with Gasteiger partial charge in [-0.1, -0.05) is 29.8 Å².